The van der Waals surface area contributed by atoms with E-state index in [1.54, 1.807) is 0 Å². The molecular formula is C16H24BrN3O2. The summed E-state index contributed by atoms with van der Waals surface area (Å²) in [6, 6.07) is 6.84. The lowest BCUT2D eigenvalue weighted by Gasteiger charge is -2.26. The molecule has 1 amide bonds. The number of rotatable bonds is 6. The summed E-state index contributed by atoms with van der Waals surface area (Å²) in [4.78, 5) is 12.0. The standard InChI is InChI=1S/C16H24BrN3O2/c17-12-6-8-13(9-7-12)19-20-16(22)15(21)14(18)10-11-4-2-1-3-5-11/h6-9,11,14-15,19,21H,1-5,10,18H2,(H,20,22)/t14-,15?/m1/s1. The molecule has 0 bridgehead atoms. The Labute approximate surface area is 139 Å². The Bertz CT molecular complexity index is 475. The van der Waals surface area contributed by atoms with E-state index in [1.807, 2.05) is 24.3 Å². The zero-order valence-corrected chi connectivity index (χ0v) is 14.2. The van der Waals surface area contributed by atoms with Gasteiger partial charge in [-0.1, -0.05) is 48.0 Å². The molecule has 122 valence electrons. The molecule has 1 saturated carbocycles. The third kappa shape index (κ3) is 5.26. The van der Waals surface area contributed by atoms with Crippen molar-refractivity contribution in [3.63, 3.8) is 0 Å². The number of nitrogens with one attached hydrogen (secondary N) is 2. The Morgan fingerprint density at radius 2 is 1.91 bits per heavy atom. The number of carbonyl (C=O) groups excluding carboxylic acids is 1. The molecule has 2 atom stereocenters. The molecule has 0 aromatic heterocycles. The topological polar surface area (TPSA) is 87.4 Å². The summed E-state index contributed by atoms with van der Waals surface area (Å²) in [6.07, 6.45) is 5.55. The van der Waals surface area contributed by atoms with E-state index in [4.69, 9.17) is 5.73 Å². The van der Waals surface area contributed by atoms with Crippen molar-refractivity contribution in [1.82, 2.24) is 5.43 Å². The molecule has 1 aliphatic rings. The number of hydrogen-bond donors (Lipinski definition) is 4. The molecule has 0 saturated heterocycles. The van der Waals surface area contributed by atoms with Crippen LogP contribution in [-0.2, 0) is 4.79 Å². The fraction of sp³-hybridized carbons (Fsp3) is 0.562. The molecule has 22 heavy (non-hydrogen) atoms. The molecule has 1 unspecified atom stereocenters. The van der Waals surface area contributed by atoms with Gasteiger partial charge in [-0.05, 0) is 36.6 Å². The lowest BCUT2D eigenvalue weighted by molar-refractivity contribution is -0.130. The van der Waals surface area contributed by atoms with Gasteiger partial charge < -0.3 is 10.8 Å². The summed E-state index contributed by atoms with van der Waals surface area (Å²) < 4.78 is 0.957. The molecule has 0 spiro atoms. The molecule has 6 heteroatoms. The Kier molecular flexibility index (Phi) is 6.67. The predicted octanol–water partition coefficient (Wildman–Crippen LogP) is 2.55. The van der Waals surface area contributed by atoms with Gasteiger partial charge in [0, 0.05) is 10.5 Å². The molecule has 0 aliphatic heterocycles. The van der Waals surface area contributed by atoms with Crippen molar-refractivity contribution in [2.45, 2.75) is 50.7 Å². The fourth-order valence-corrected chi connectivity index (χ4v) is 3.14. The van der Waals surface area contributed by atoms with Crippen LogP contribution in [0.4, 0.5) is 5.69 Å². The highest BCUT2D eigenvalue weighted by molar-refractivity contribution is 9.10. The Hall–Kier alpha value is -1.11. The highest BCUT2D eigenvalue weighted by Gasteiger charge is 2.26. The van der Waals surface area contributed by atoms with Crippen LogP contribution in [0.25, 0.3) is 0 Å². The van der Waals surface area contributed by atoms with E-state index in [0.29, 0.717) is 12.3 Å². The molecule has 2 rings (SSSR count). The van der Waals surface area contributed by atoms with Crippen molar-refractivity contribution in [3.05, 3.63) is 28.7 Å². The van der Waals surface area contributed by atoms with Crippen LogP contribution >= 0.6 is 15.9 Å². The number of anilines is 1. The van der Waals surface area contributed by atoms with Gasteiger partial charge in [0.25, 0.3) is 5.91 Å². The monoisotopic (exact) mass is 369 g/mol. The molecule has 1 aliphatic carbocycles. The van der Waals surface area contributed by atoms with E-state index >= 15 is 0 Å². The van der Waals surface area contributed by atoms with Crippen molar-refractivity contribution in [2.75, 3.05) is 5.43 Å². The highest BCUT2D eigenvalue weighted by Crippen LogP contribution is 2.27. The third-order valence-corrected chi connectivity index (χ3v) is 4.71. The van der Waals surface area contributed by atoms with Gasteiger partial charge in [0.2, 0.25) is 0 Å². The highest BCUT2D eigenvalue weighted by atomic mass is 79.9. The summed E-state index contributed by atoms with van der Waals surface area (Å²) in [5.74, 6) is 0.0388. The van der Waals surface area contributed by atoms with Crippen LogP contribution in [0.15, 0.2) is 28.7 Å². The quantitative estimate of drug-likeness (QED) is 0.580. The summed E-state index contributed by atoms with van der Waals surface area (Å²) in [7, 11) is 0. The summed E-state index contributed by atoms with van der Waals surface area (Å²) in [5, 5.41) is 10.1. The van der Waals surface area contributed by atoms with Gasteiger partial charge in [-0.15, -0.1) is 0 Å². The fourth-order valence-electron chi connectivity index (χ4n) is 2.87. The average Bonchev–Trinajstić information content (AvgIpc) is 2.54. The Morgan fingerprint density at radius 1 is 1.27 bits per heavy atom. The molecule has 5 nitrogen and oxygen atoms in total. The Morgan fingerprint density at radius 3 is 2.55 bits per heavy atom. The van der Waals surface area contributed by atoms with E-state index in [2.05, 4.69) is 26.8 Å². The molecule has 0 radical (unpaired) electrons. The smallest absolute Gasteiger partial charge is 0.268 e. The van der Waals surface area contributed by atoms with Crippen molar-refractivity contribution >= 4 is 27.5 Å². The van der Waals surface area contributed by atoms with Crippen molar-refractivity contribution in [2.24, 2.45) is 11.7 Å². The number of hydrazine groups is 1. The van der Waals surface area contributed by atoms with Crippen molar-refractivity contribution in [3.8, 4) is 0 Å². The number of amides is 1. The van der Waals surface area contributed by atoms with Gasteiger partial charge in [0.15, 0.2) is 0 Å². The molecule has 1 aromatic carbocycles. The normalized spacial score (nSPS) is 18.5. The van der Waals surface area contributed by atoms with E-state index < -0.39 is 18.1 Å². The summed E-state index contributed by atoms with van der Waals surface area (Å²) in [5.41, 5.74) is 12.0. The second kappa shape index (κ2) is 8.50. The molecule has 1 aromatic rings. The SMILES string of the molecule is N[C@H](CC1CCCCC1)C(O)C(=O)NNc1ccc(Br)cc1. The van der Waals surface area contributed by atoms with Gasteiger partial charge in [-0.25, -0.2) is 0 Å². The second-order valence-electron chi connectivity index (χ2n) is 5.97. The van der Waals surface area contributed by atoms with Crippen LogP contribution in [-0.4, -0.2) is 23.2 Å². The van der Waals surface area contributed by atoms with Gasteiger partial charge in [-0.3, -0.25) is 15.6 Å². The molecule has 0 heterocycles. The summed E-state index contributed by atoms with van der Waals surface area (Å²) in [6.45, 7) is 0. The first kappa shape index (κ1) is 17.2. The van der Waals surface area contributed by atoms with Crippen molar-refractivity contribution in [1.29, 1.82) is 0 Å². The van der Waals surface area contributed by atoms with Crippen LogP contribution in [0, 0.1) is 5.92 Å². The van der Waals surface area contributed by atoms with E-state index in [1.165, 1.54) is 19.3 Å². The van der Waals surface area contributed by atoms with Gasteiger partial charge in [0.1, 0.15) is 6.10 Å². The minimum Gasteiger partial charge on any atom is -0.382 e. The lowest BCUT2D eigenvalue weighted by atomic mass is 9.84. The van der Waals surface area contributed by atoms with Crippen LogP contribution in [0.1, 0.15) is 38.5 Å². The Balaban J connectivity index is 1.76. The minimum atomic E-state index is -1.19. The number of carbonyl (C=O) groups is 1. The maximum Gasteiger partial charge on any atom is 0.268 e. The van der Waals surface area contributed by atoms with E-state index in [0.717, 1.165) is 23.0 Å². The minimum absolute atomic E-state index is 0.494. The first-order valence-corrected chi connectivity index (χ1v) is 8.60. The second-order valence-corrected chi connectivity index (χ2v) is 6.89. The first-order chi connectivity index (χ1) is 10.6. The van der Waals surface area contributed by atoms with Crippen LogP contribution in [0.2, 0.25) is 0 Å². The number of aliphatic hydroxyl groups is 1. The molecular weight excluding hydrogens is 346 g/mol. The average molecular weight is 370 g/mol. The van der Waals surface area contributed by atoms with Gasteiger partial charge in [0.05, 0.1) is 5.69 Å². The molecule has 5 N–H and O–H groups in total. The largest absolute Gasteiger partial charge is 0.382 e. The zero-order chi connectivity index (χ0) is 15.9. The van der Waals surface area contributed by atoms with E-state index in [9.17, 15) is 9.90 Å². The number of benzene rings is 1. The third-order valence-electron chi connectivity index (χ3n) is 4.18. The maximum absolute atomic E-state index is 12.0. The number of aliphatic hydroxyl groups excluding tert-OH is 1. The van der Waals surface area contributed by atoms with Crippen LogP contribution in [0.3, 0.4) is 0 Å². The van der Waals surface area contributed by atoms with Gasteiger partial charge in [-0.2, -0.15) is 0 Å². The van der Waals surface area contributed by atoms with Crippen LogP contribution in [0.5, 0.6) is 0 Å². The van der Waals surface area contributed by atoms with Crippen LogP contribution < -0.4 is 16.6 Å². The first-order valence-electron chi connectivity index (χ1n) is 7.81. The number of halogens is 1. The zero-order valence-electron chi connectivity index (χ0n) is 12.6. The van der Waals surface area contributed by atoms with Crippen molar-refractivity contribution < 1.29 is 9.90 Å². The molecule has 1 fully saturated rings. The number of nitrogens with two attached hydrogens (primary N) is 1. The predicted molar refractivity (Wildman–Crippen MR) is 91.1 cm³/mol. The van der Waals surface area contributed by atoms with E-state index in [-0.39, 0.29) is 0 Å². The summed E-state index contributed by atoms with van der Waals surface area (Å²) >= 11 is 3.34. The number of hydrogen-bond acceptors (Lipinski definition) is 4. The maximum atomic E-state index is 12.0. The van der Waals surface area contributed by atoms with Gasteiger partial charge >= 0.3 is 0 Å². The lowest BCUT2D eigenvalue weighted by Crippen LogP contribution is -2.48.